The van der Waals surface area contributed by atoms with Crippen molar-refractivity contribution in [1.82, 2.24) is 0 Å². The van der Waals surface area contributed by atoms with E-state index in [1.54, 1.807) is 0 Å². The highest BCUT2D eigenvalue weighted by atomic mass is 32.3. The molecule has 0 radical (unpaired) electrons. The topological polar surface area (TPSA) is 217 Å². The first-order valence-corrected chi connectivity index (χ1v) is 11.3. The van der Waals surface area contributed by atoms with Gasteiger partial charge in [-0.25, -0.2) is 0 Å². The zero-order chi connectivity index (χ0) is 18.0. The Bertz CT molecular complexity index is 652. The standard InChI is InChI=1S/C6H14O12S4/c7-19(8,9)5(20(10,11)12)3-1-2-4-6(21(13,14)15)22(16,17)18/h5-6H,1-4H2,(H,7,8,9)(H,10,11,12)(H,13,14,15)(H,16,17,18). The summed E-state index contributed by atoms with van der Waals surface area (Å²) in [5.41, 5.74) is 0. The van der Waals surface area contributed by atoms with Crippen LogP contribution in [0.5, 0.6) is 0 Å². The largest absolute Gasteiger partial charge is 0.284 e. The SMILES string of the molecule is O=S(=O)(O)C(CCCCC(S(=O)(=O)O)S(=O)(=O)O)S(=O)(=O)O. The van der Waals surface area contributed by atoms with Gasteiger partial charge in [0.1, 0.15) is 0 Å². The lowest BCUT2D eigenvalue weighted by atomic mass is 10.2. The summed E-state index contributed by atoms with van der Waals surface area (Å²) >= 11 is 0. The van der Waals surface area contributed by atoms with Crippen LogP contribution in [0, 0.1) is 0 Å². The molecule has 0 fully saturated rings. The molecule has 0 amide bonds. The van der Waals surface area contributed by atoms with Crippen molar-refractivity contribution >= 4 is 40.5 Å². The van der Waals surface area contributed by atoms with Crippen molar-refractivity contribution in [3.63, 3.8) is 0 Å². The Morgan fingerprint density at radius 1 is 0.500 bits per heavy atom. The van der Waals surface area contributed by atoms with Crippen LogP contribution >= 0.6 is 0 Å². The van der Waals surface area contributed by atoms with Crippen molar-refractivity contribution in [2.45, 2.75) is 34.8 Å². The third kappa shape index (κ3) is 7.27. The highest BCUT2D eigenvalue weighted by Gasteiger charge is 2.37. The molecule has 0 rings (SSSR count). The Kier molecular flexibility index (Phi) is 6.92. The average Bonchev–Trinajstić information content (AvgIpc) is 2.14. The van der Waals surface area contributed by atoms with Crippen LogP contribution in [0.2, 0.25) is 0 Å². The summed E-state index contributed by atoms with van der Waals surface area (Å²) in [5, 5.41) is 0. The van der Waals surface area contributed by atoms with Gasteiger partial charge in [0, 0.05) is 0 Å². The van der Waals surface area contributed by atoms with Gasteiger partial charge in [-0.05, 0) is 12.8 Å². The van der Waals surface area contributed by atoms with E-state index in [0.717, 1.165) is 0 Å². The lowest BCUT2D eigenvalue weighted by Crippen LogP contribution is -2.31. The van der Waals surface area contributed by atoms with Crippen molar-refractivity contribution < 1.29 is 51.9 Å². The van der Waals surface area contributed by atoms with E-state index < -0.39 is 75.3 Å². The first-order valence-electron chi connectivity index (χ1n) is 5.32. The van der Waals surface area contributed by atoms with E-state index in [1.165, 1.54) is 0 Å². The van der Waals surface area contributed by atoms with Crippen LogP contribution in [0.3, 0.4) is 0 Å². The molecule has 16 heteroatoms. The van der Waals surface area contributed by atoms with Crippen LogP contribution in [0.4, 0.5) is 0 Å². The van der Waals surface area contributed by atoms with E-state index in [-0.39, 0.29) is 0 Å². The summed E-state index contributed by atoms with van der Waals surface area (Å²) in [6, 6.07) is 0. The van der Waals surface area contributed by atoms with E-state index in [2.05, 4.69) is 0 Å². The predicted octanol–water partition coefficient (Wildman–Crippen LogP) is -1.25. The molecule has 0 bridgehead atoms. The fourth-order valence-corrected chi connectivity index (χ4v) is 5.84. The Morgan fingerprint density at radius 3 is 0.818 bits per heavy atom. The molecule has 0 aliphatic carbocycles. The first-order chi connectivity index (χ1) is 9.47. The summed E-state index contributed by atoms with van der Waals surface area (Å²) in [6.07, 6.45) is -2.62. The summed E-state index contributed by atoms with van der Waals surface area (Å²) < 4.78 is 116. The van der Waals surface area contributed by atoms with Crippen molar-refractivity contribution in [2.75, 3.05) is 0 Å². The second-order valence-electron chi connectivity index (χ2n) is 4.20. The van der Waals surface area contributed by atoms with Gasteiger partial charge >= 0.3 is 0 Å². The zero-order valence-electron chi connectivity index (χ0n) is 10.7. The molecule has 12 nitrogen and oxygen atoms in total. The van der Waals surface area contributed by atoms with Crippen LogP contribution in [-0.4, -0.2) is 61.0 Å². The van der Waals surface area contributed by atoms with Gasteiger partial charge < -0.3 is 0 Å². The Morgan fingerprint density at radius 2 is 0.682 bits per heavy atom. The molecule has 0 saturated carbocycles. The van der Waals surface area contributed by atoms with Crippen LogP contribution in [0.25, 0.3) is 0 Å². The molecule has 0 heterocycles. The first kappa shape index (κ1) is 21.6. The minimum atomic E-state index is -5.15. The fourth-order valence-electron chi connectivity index (χ4n) is 1.53. The van der Waals surface area contributed by atoms with E-state index in [9.17, 15) is 33.7 Å². The van der Waals surface area contributed by atoms with Crippen LogP contribution in [0.15, 0.2) is 0 Å². The van der Waals surface area contributed by atoms with Gasteiger partial charge in [-0.1, -0.05) is 12.8 Å². The van der Waals surface area contributed by atoms with Gasteiger partial charge in [-0.3, -0.25) is 18.2 Å². The van der Waals surface area contributed by atoms with Gasteiger partial charge in [0.15, 0.2) is 0 Å². The highest BCUT2D eigenvalue weighted by Crippen LogP contribution is 2.19. The van der Waals surface area contributed by atoms with Crippen LogP contribution < -0.4 is 0 Å². The fraction of sp³-hybridized carbons (Fsp3) is 1.00. The molecule has 4 N–H and O–H groups in total. The van der Waals surface area contributed by atoms with Crippen molar-refractivity contribution in [1.29, 1.82) is 0 Å². The maximum atomic E-state index is 10.8. The number of hydrogen-bond donors (Lipinski definition) is 4. The molecule has 134 valence electrons. The molecular formula is C6H14O12S4. The number of rotatable bonds is 9. The molecule has 0 atom stereocenters. The molecule has 0 aliphatic rings. The summed E-state index contributed by atoms with van der Waals surface area (Å²) in [5.74, 6) is 0. The van der Waals surface area contributed by atoms with E-state index >= 15 is 0 Å². The molecule has 0 saturated heterocycles. The molecule has 0 aromatic rings. The average molecular weight is 406 g/mol. The molecule has 0 unspecified atom stereocenters. The maximum absolute atomic E-state index is 10.8. The van der Waals surface area contributed by atoms with Crippen molar-refractivity contribution in [2.24, 2.45) is 0 Å². The van der Waals surface area contributed by atoms with Gasteiger partial charge in [0.25, 0.3) is 40.5 Å². The Balaban J connectivity index is 4.92. The van der Waals surface area contributed by atoms with Crippen LogP contribution in [-0.2, 0) is 40.5 Å². The monoisotopic (exact) mass is 406 g/mol. The third-order valence-electron chi connectivity index (χ3n) is 2.46. The molecule has 0 spiro atoms. The second kappa shape index (κ2) is 7.04. The highest BCUT2D eigenvalue weighted by molar-refractivity contribution is 8.04. The molecule has 0 aromatic heterocycles. The minimum absolute atomic E-state index is 0.453. The Labute approximate surface area is 127 Å². The summed E-state index contributed by atoms with van der Waals surface area (Å²) in [6.45, 7) is 0. The van der Waals surface area contributed by atoms with E-state index in [0.29, 0.717) is 0 Å². The van der Waals surface area contributed by atoms with Crippen molar-refractivity contribution in [3.05, 3.63) is 0 Å². The van der Waals surface area contributed by atoms with Gasteiger partial charge in [0.05, 0.1) is 0 Å². The zero-order valence-corrected chi connectivity index (χ0v) is 13.9. The molecule has 22 heavy (non-hydrogen) atoms. The molecular weight excluding hydrogens is 392 g/mol. The third-order valence-corrected chi connectivity index (χ3v) is 8.98. The molecule has 0 aromatic carbocycles. The second-order valence-corrected chi connectivity index (χ2v) is 11.2. The predicted molar refractivity (Wildman–Crippen MR) is 72.2 cm³/mol. The van der Waals surface area contributed by atoms with Crippen molar-refractivity contribution in [3.8, 4) is 0 Å². The molecule has 0 aliphatic heterocycles. The lowest BCUT2D eigenvalue weighted by Gasteiger charge is -2.12. The maximum Gasteiger partial charge on any atom is 0.284 e. The summed E-state index contributed by atoms with van der Waals surface area (Å²) in [7, 11) is -20.6. The van der Waals surface area contributed by atoms with E-state index in [4.69, 9.17) is 18.2 Å². The summed E-state index contributed by atoms with van der Waals surface area (Å²) in [4.78, 5) is 0. The smallest absolute Gasteiger partial charge is 0.284 e. The van der Waals surface area contributed by atoms with Gasteiger partial charge in [0.2, 0.25) is 9.16 Å². The normalized spacial score (nSPS) is 14.6. The van der Waals surface area contributed by atoms with Gasteiger partial charge in [-0.15, -0.1) is 0 Å². The number of unbranched alkanes of at least 4 members (excludes halogenated alkanes) is 1. The Hall–Kier alpha value is -0.360. The quantitative estimate of drug-likeness (QED) is 0.261. The number of hydrogen-bond acceptors (Lipinski definition) is 8. The van der Waals surface area contributed by atoms with Gasteiger partial charge in [-0.2, -0.15) is 33.7 Å². The lowest BCUT2D eigenvalue weighted by molar-refractivity contribution is 0.436. The van der Waals surface area contributed by atoms with Crippen LogP contribution in [0.1, 0.15) is 25.7 Å². The minimum Gasteiger partial charge on any atom is -0.284 e. The van der Waals surface area contributed by atoms with E-state index in [1.807, 2.05) is 0 Å².